The third-order valence-corrected chi connectivity index (χ3v) is 3.50. The maximum Gasteiger partial charge on any atom is 0.161 e. The molecule has 0 fully saturated rings. The van der Waals surface area contributed by atoms with Gasteiger partial charge < -0.3 is 0 Å². The molecule has 0 bridgehead atoms. The number of thioether (sulfide) groups is 1. The van der Waals surface area contributed by atoms with Crippen LogP contribution in [0.2, 0.25) is 0 Å². The van der Waals surface area contributed by atoms with Crippen molar-refractivity contribution >= 4 is 45.1 Å². The van der Waals surface area contributed by atoms with Gasteiger partial charge in [0.2, 0.25) is 0 Å². The predicted molar refractivity (Wildman–Crippen MR) is 65.4 cm³/mol. The summed E-state index contributed by atoms with van der Waals surface area (Å²) in [4.78, 5) is 12.4. The minimum atomic E-state index is -0.477. The topological polar surface area (TPSA) is 17.1 Å². The summed E-state index contributed by atoms with van der Waals surface area (Å²) >= 11 is 10.5. The molecule has 0 aromatic heterocycles. The van der Waals surface area contributed by atoms with Gasteiger partial charge >= 0.3 is 0 Å². The maximum atomic E-state index is 11.4. The van der Waals surface area contributed by atoms with Crippen LogP contribution in [0.1, 0.15) is 6.42 Å². The summed E-state index contributed by atoms with van der Waals surface area (Å²) in [6, 6.07) is 9.69. The average molecular weight is 294 g/mol. The Morgan fingerprint density at radius 3 is 2.64 bits per heavy atom. The molecule has 1 aromatic carbocycles. The van der Waals surface area contributed by atoms with Crippen LogP contribution in [-0.2, 0) is 4.79 Å². The van der Waals surface area contributed by atoms with Crippen molar-refractivity contribution < 1.29 is 4.79 Å². The van der Waals surface area contributed by atoms with Gasteiger partial charge in [-0.15, -0.1) is 11.6 Å². The lowest BCUT2D eigenvalue weighted by atomic mass is 10.3. The highest BCUT2D eigenvalue weighted by atomic mass is 79.9. The number of ketones is 1. The van der Waals surface area contributed by atoms with Crippen LogP contribution in [-0.4, -0.2) is 15.8 Å². The quantitative estimate of drug-likeness (QED) is 0.608. The van der Waals surface area contributed by atoms with Gasteiger partial charge in [0.25, 0.3) is 0 Å². The Morgan fingerprint density at radius 2 is 2.07 bits per heavy atom. The third kappa shape index (κ3) is 4.03. The molecule has 1 nitrogen and oxygen atoms in total. The monoisotopic (exact) mass is 292 g/mol. The highest BCUT2D eigenvalue weighted by Gasteiger charge is 2.15. The van der Waals surface area contributed by atoms with Crippen LogP contribution in [0.25, 0.3) is 0 Å². The van der Waals surface area contributed by atoms with E-state index in [4.69, 9.17) is 11.6 Å². The first-order valence-electron chi connectivity index (χ1n) is 4.18. The van der Waals surface area contributed by atoms with E-state index >= 15 is 0 Å². The van der Waals surface area contributed by atoms with Crippen LogP contribution in [0.5, 0.6) is 0 Å². The molecule has 14 heavy (non-hydrogen) atoms. The molecule has 0 saturated heterocycles. The summed E-state index contributed by atoms with van der Waals surface area (Å²) in [5, 5.41) is 0.671. The first-order chi connectivity index (χ1) is 6.74. The molecule has 1 rings (SSSR count). The normalized spacial score (nSPS) is 12.4. The Kier molecular flexibility index (Phi) is 5.60. The molecule has 4 heteroatoms. The van der Waals surface area contributed by atoms with Crippen LogP contribution in [0.15, 0.2) is 35.2 Å². The van der Waals surface area contributed by atoms with E-state index in [-0.39, 0.29) is 5.78 Å². The zero-order valence-electron chi connectivity index (χ0n) is 7.45. The van der Waals surface area contributed by atoms with Gasteiger partial charge in [-0.25, -0.2) is 0 Å². The number of carbonyl (C=O) groups is 1. The van der Waals surface area contributed by atoms with Gasteiger partial charge in [-0.05, 0) is 12.1 Å². The minimum absolute atomic E-state index is 0.0670. The summed E-state index contributed by atoms with van der Waals surface area (Å²) in [5.74, 6) is 0.0670. The summed E-state index contributed by atoms with van der Waals surface area (Å²) in [5.41, 5.74) is 0. The van der Waals surface area contributed by atoms with E-state index in [1.807, 2.05) is 30.3 Å². The van der Waals surface area contributed by atoms with Gasteiger partial charge in [-0.1, -0.05) is 45.9 Å². The van der Waals surface area contributed by atoms with Gasteiger partial charge in [0.05, 0.1) is 0 Å². The highest BCUT2D eigenvalue weighted by molar-refractivity contribution is 9.09. The number of alkyl halides is 2. The molecular formula is C10H10BrClOS. The molecule has 0 aliphatic heterocycles. The molecule has 76 valence electrons. The fourth-order valence-corrected chi connectivity index (χ4v) is 2.50. The number of carbonyl (C=O) groups excluding carboxylic acids is 1. The lowest BCUT2D eigenvalue weighted by Crippen LogP contribution is -2.10. The molecule has 0 heterocycles. The average Bonchev–Trinajstić information content (AvgIpc) is 2.19. The zero-order valence-corrected chi connectivity index (χ0v) is 10.6. The van der Waals surface area contributed by atoms with E-state index in [0.29, 0.717) is 11.8 Å². The molecular weight excluding hydrogens is 284 g/mol. The van der Waals surface area contributed by atoms with Gasteiger partial charge in [-0.2, -0.15) is 0 Å². The van der Waals surface area contributed by atoms with Crippen molar-refractivity contribution in [2.45, 2.75) is 16.0 Å². The molecule has 1 unspecified atom stereocenters. The maximum absolute atomic E-state index is 11.4. The molecule has 1 aromatic rings. The predicted octanol–water partition coefficient (Wildman–Crippen LogP) is 3.70. The van der Waals surface area contributed by atoms with E-state index in [2.05, 4.69) is 15.9 Å². The summed E-state index contributed by atoms with van der Waals surface area (Å²) in [6.45, 7) is 0. The second kappa shape index (κ2) is 6.49. The smallest absolute Gasteiger partial charge is 0.161 e. The van der Waals surface area contributed by atoms with Crippen LogP contribution in [0.4, 0.5) is 0 Å². The number of benzene rings is 1. The number of halogens is 2. The fourth-order valence-electron chi connectivity index (χ4n) is 0.891. The van der Waals surface area contributed by atoms with Crippen molar-refractivity contribution in [3.05, 3.63) is 30.3 Å². The molecule has 0 aliphatic rings. The second-order valence-corrected chi connectivity index (χ2v) is 5.32. The summed E-state index contributed by atoms with van der Waals surface area (Å²) in [6.07, 6.45) is 0.480. The molecule has 0 spiro atoms. The molecule has 0 saturated carbocycles. The Bertz CT molecular complexity index is 291. The Balaban J connectivity index is 2.49. The second-order valence-electron chi connectivity index (χ2n) is 2.65. The SMILES string of the molecule is O=C(CCBr)C(Cl)Sc1ccccc1. The van der Waals surface area contributed by atoms with Crippen molar-refractivity contribution in [3.8, 4) is 0 Å². The van der Waals surface area contributed by atoms with Crippen LogP contribution >= 0.6 is 39.3 Å². The standard InChI is InChI=1S/C10H10BrClOS/c11-7-6-9(13)10(12)14-8-4-2-1-3-5-8/h1-5,10H,6-7H2. The minimum Gasteiger partial charge on any atom is -0.297 e. The molecule has 0 N–H and O–H groups in total. The molecule has 1 atom stereocenters. The molecule has 0 amide bonds. The largest absolute Gasteiger partial charge is 0.297 e. The first-order valence-corrected chi connectivity index (χ1v) is 6.62. The van der Waals surface area contributed by atoms with E-state index in [0.717, 1.165) is 4.90 Å². The number of Topliss-reactive ketones (excluding diaryl/α,β-unsaturated/α-hetero) is 1. The van der Waals surface area contributed by atoms with E-state index in [1.54, 1.807) is 0 Å². The van der Waals surface area contributed by atoms with Crippen molar-refractivity contribution in [1.29, 1.82) is 0 Å². The first kappa shape index (κ1) is 12.1. The van der Waals surface area contributed by atoms with Gasteiger partial charge in [0.15, 0.2) is 5.78 Å². The van der Waals surface area contributed by atoms with Crippen molar-refractivity contribution in [2.24, 2.45) is 0 Å². The lowest BCUT2D eigenvalue weighted by Gasteiger charge is -2.06. The Hall–Kier alpha value is 0.01000. The van der Waals surface area contributed by atoms with E-state index in [9.17, 15) is 4.79 Å². The summed E-state index contributed by atoms with van der Waals surface area (Å²) in [7, 11) is 0. The van der Waals surface area contributed by atoms with Crippen molar-refractivity contribution in [2.75, 3.05) is 5.33 Å². The lowest BCUT2D eigenvalue weighted by molar-refractivity contribution is -0.116. The van der Waals surface area contributed by atoms with Crippen LogP contribution in [0.3, 0.4) is 0 Å². The fraction of sp³-hybridized carbons (Fsp3) is 0.300. The zero-order chi connectivity index (χ0) is 10.4. The number of hydrogen-bond acceptors (Lipinski definition) is 2. The van der Waals surface area contributed by atoms with Gasteiger partial charge in [0, 0.05) is 16.6 Å². The number of hydrogen-bond donors (Lipinski definition) is 0. The molecule has 0 aliphatic carbocycles. The number of rotatable bonds is 5. The highest BCUT2D eigenvalue weighted by Crippen LogP contribution is 2.26. The van der Waals surface area contributed by atoms with Crippen LogP contribution in [0, 0.1) is 0 Å². The van der Waals surface area contributed by atoms with Gasteiger partial charge in [-0.3, -0.25) is 4.79 Å². The van der Waals surface area contributed by atoms with E-state index < -0.39 is 4.71 Å². The van der Waals surface area contributed by atoms with Crippen molar-refractivity contribution in [3.63, 3.8) is 0 Å². The Labute approximate surface area is 101 Å². The summed E-state index contributed by atoms with van der Waals surface area (Å²) < 4.78 is -0.477. The Morgan fingerprint density at radius 1 is 1.43 bits per heavy atom. The van der Waals surface area contributed by atoms with Gasteiger partial charge in [0.1, 0.15) is 4.71 Å². The third-order valence-electron chi connectivity index (χ3n) is 1.58. The van der Waals surface area contributed by atoms with Crippen LogP contribution < -0.4 is 0 Å². The van der Waals surface area contributed by atoms with E-state index in [1.165, 1.54) is 11.8 Å². The molecule has 0 radical (unpaired) electrons. The van der Waals surface area contributed by atoms with Crippen molar-refractivity contribution in [1.82, 2.24) is 0 Å².